The lowest BCUT2D eigenvalue weighted by atomic mass is 10.1. The quantitative estimate of drug-likeness (QED) is 0.259. The third-order valence-electron chi connectivity index (χ3n) is 2.93. The van der Waals surface area contributed by atoms with Crippen molar-refractivity contribution in [1.29, 1.82) is 0 Å². The lowest BCUT2D eigenvalue weighted by molar-refractivity contribution is -0.137. The van der Waals surface area contributed by atoms with Gasteiger partial charge in [0.15, 0.2) is 0 Å². The Labute approximate surface area is 132 Å². The van der Waals surface area contributed by atoms with E-state index in [1.54, 1.807) is 6.92 Å². The van der Waals surface area contributed by atoms with E-state index in [9.17, 15) is 9.59 Å². The van der Waals surface area contributed by atoms with E-state index in [0.29, 0.717) is 13.2 Å². The van der Waals surface area contributed by atoms with Crippen LogP contribution in [0, 0.1) is 0 Å². The topological polar surface area (TPSA) is 100 Å². The normalized spacial score (nSPS) is 10.8. The molecular weight excluding hydrogens is 286 g/mol. The molecule has 0 atom stereocenters. The minimum Gasteiger partial charge on any atom is -0.481 e. The first-order chi connectivity index (χ1) is 10.7. The fraction of sp³-hybridized carbons (Fsp3) is 0.800. The Hall–Kier alpha value is -1.63. The number of rotatable bonds is 14. The van der Waals surface area contributed by atoms with E-state index >= 15 is 0 Å². The van der Waals surface area contributed by atoms with Crippen LogP contribution >= 0.6 is 0 Å². The Morgan fingerprint density at radius 3 is 2.50 bits per heavy atom. The van der Waals surface area contributed by atoms with Gasteiger partial charge < -0.3 is 15.2 Å². The Bertz CT molecular complexity index is 322. The van der Waals surface area contributed by atoms with Crippen molar-refractivity contribution >= 4 is 18.4 Å². The molecular formula is C15H29N3O4. The van der Waals surface area contributed by atoms with Crippen LogP contribution < -0.4 is 10.6 Å². The molecule has 0 aromatic carbocycles. The average Bonchev–Trinajstić information content (AvgIpc) is 2.47. The van der Waals surface area contributed by atoms with Crippen LogP contribution in [0.4, 0.5) is 4.79 Å². The summed E-state index contributed by atoms with van der Waals surface area (Å²) in [6.07, 6.45) is 7.20. The zero-order valence-electron chi connectivity index (χ0n) is 13.5. The molecule has 0 rings (SSSR count). The number of unbranched alkanes of at least 4 members (excludes halogenated alkanes) is 4. The zero-order chi connectivity index (χ0) is 16.5. The predicted octanol–water partition coefficient (Wildman–Crippen LogP) is 2.17. The number of nitrogens with one attached hydrogen (secondary N) is 2. The van der Waals surface area contributed by atoms with E-state index < -0.39 is 12.1 Å². The highest BCUT2D eigenvalue weighted by Crippen LogP contribution is 2.04. The lowest BCUT2D eigenvalue weighted by Gasteiger charge is -2.03. The number of nitrogens with zero attached hydrogens (tertiary/aromatic N) is 1. The molecule has 0 bridgehead atoms. The fourth-order valence-corrected chi connectivity index (χ4v) is 1.81. The number of amides is 1. The number of ether oxygens (including phenoxy) is 1. The molecule has 0 aliphatic carbocycles. The SMILES string of the molecule is CCOC(=O)NC=NCCCNCCCCCCCC(=O)O. The molecule has 1 amide bonds. The van der Waals surface area contributed by atoms with Gasteiger partial charge in [-0.1, -0.05) is 19.3 Å². The van der Waals surface area contributed by atoms with Crippen molar-refractivity contribution in [1.82, 2.24) is 10.6 Å². The Morgan fingerprint density at radius 1 is 1.09 bits per heavy atom. The smallest absolute Gasteiger partial charge is 0.412 e. The van der Waals surface area contributed by atoms with E-state index in [2.05, 4.69) is 20.4 Å². The molecule has 0 radical (unpaired) electrons. The van der Waals surface area contributed by atoms with Gasteiger partial charge in [0.1, 0.15) is 0 Å². The first kappa shape index (κ1) is 20.4. The Morgan fingerprint density at radius 2 is 1.77 bits per heavy atom. The third kappa shape index (κ3) is 16.4. The van der Waals surface area contributed by atoms with Crippen LogP contribution in [0.2, 0.25) is 0 Å². The number of hydrogen-bond acceptors (Lipinski definition) is 5. The van der Waals surface area contributed by atoms with Gasteiger partial charge in [-0.25, -0.2) is 4.79 Å². The largest absolute Gasteiger partial charge is 0.481 e. The van der Waals surface area contributed by atoms with Gasteiger partial charge in [-0.3, -0.25) is 15.1 Å². The molecule has 7 nitrogen and oxygen atoms in total. The van der Waals surface area contributed by atoms with Gasteiger partial charge in [0.05, 0.1) is 12.9 Å². The summed E-state index contributed by atoms with van der Waals surface area (Å²) < 4.78 is 4.68. The second kappa shape index (κ2) is 15.8. The number of alkyl carbamates (subject to hydrolysis) is 1. The van der Waals surface area contributed by atoms with Crippen molar-refractivity contribution in [2.45, 2.75) is 51.9 Å². The van der Waals surface area contributed by atoms with Gasteiger partial charge in [-0.15, -0.1) is 0 Å². The molecule has 0 spiro atoms. The second-order valence-corrected chi connectivity index (χ2v) is 4.92. The number of carboxylic acids is 1. The van der Waals surface area contributed by atoms with Crippen LogP contribution in [0.1, 0.15) is 51.9 Å². The Balaban J connectivity index is 3.15. The number of carbonyl (C=O) groups is 2. The van der Waals surface area contributed by atoms with Crippen LogP contribution in [0.5, 0.6) is 0 Å². The molecule has 0 aromatic rings. The molecule has 0 saturated heterocycles. The summed E-state index contributed by atoms with van der Waals surface area (Å²) in [5, 5.41) is 14.2. The highest BCUT2D eigenvalue weighted by Gasteiger charge is 1.96. The van der Waals surface area contributed by atoms with Crippen molar-refractivity contribution < 1.29 is 19.4 Å². The summed E-state index contributed by atoms with van der Waals surface area (Å²) in [4.78, 5) is 25.3. The van der Waals surface area contributed by atoms with Crippen molar-refractivity contribution in [3.05, 3.63) is 0 Å². The highest BCUT2D eigenvalue weighted by atomic mass is 16.5. The van der Waals surface area contributed by atoms with E-state index in [1.807, 2.05) is 0 Å². The van der Waals surface area contributed by atoms with Gasteiger partial charge in [-0.2, -0.15) is 0 Å². The highest BCUT2D eigenvalue weighted by molar-refractivity contribution is 5.81. The average molecular weight is 315 g/mol. The minimum absolute atomic E-state index is 0.282. The summed E-state index contributed by atoms with van der Waals surface area (Å²) >= 11 is 0. The molecule has 0 fully saturated rings. The van der Waals surface area contributed by atoms with Gasteiger partial charge in [0.25, 0.3) is 0 Å². The Kier molecular flexibility index (Phi) is 14.6. The second-order valence-electron chi connectivity index (χ2n) is 4.92. The van der Waals surface area contributed by atoms with Crippen molar-refractivity contribution in [3.8, 4) is 0 Å². The maximum Gasteiger partial charge on any atom is 0.412 e. The minimum atomic E-state index is -0.707. The van der Waals surface area contributed by atoms with Gasteiger partial charge in [0.2, 0.25) is 0 Å². The molecule has 128 valence electrons. The first-order valence-corrected chi connectivity index (χ1v) is 8.01. The van der Waals surface area contributed by atoms with Crippen molar-refractivity contribution in [2.75, 3.05) is 26.2 Å². The summed E-state index contributed by atoms with van der Waals surface area (Å²) in [6.45, 7) is 4.63. The molecule has 0 unspecified atom stereocenters. The van der Waals surface area contributed by atoms with E-state index in [0.717, 1.165) is 51.6 Å². The van der Waals surface area contributed by atoms with Crippen LogP contribution in [-0.4, -0.2) is 49.7 Å². The molecule has 7 heteroatoms. The molecule has 0 saturated carbocycles. The number of carboxylic acid groups (broad SMARTS) is 1. The maximum absolute atomic E-state index is 10.9. The summed E-state index contributed by atoms with van der Waals surface area (Å²) in [6, 6.07) is 0. The molecule has 22 heavy (non-hydrogen) atoms. The maximum atomic E-state index is 10.9. The number of carbonyl (C=O) groups excluding carboxylic acids is 1. The van der Waals surface area contributed by atoms with E-state index in [4.69, 9.17) is 5.11 Å². The van der Waals surface area contributed by atoms with E-state index in [1.165, 1.54) is 6.34 Å². The molecule has 0 heterocycles. The molecule has 0 aliphatic heterocycles. The predicted molar refractivity (Wildman–Crippen MR) is 86.3 cm³/mol. The lowest BCUT2D eigenvalue weighted by Crippen LogP contribution is -2.22. The van der Waals surface area contributed by atoms with Crippen LogP contribution in [0.15, 0.2) is 4.99 Å². The van der Waals surface area contributed by atoms with Crippen LogP contribution in [-0.2, 0) is 9.53 Å². The van der Waals surface area contributed by atoms with Gasteiger partial charge >= 0.3 is 12.1 Å². The van der Waals surface area contributed by atoms with Gasteiger partial charge in [0, 0.05) is 13.0 Å². The fourth-order valence-electron chi connectivity index (χ4n) is 1.81. The first-order valence-electron chi connectivity index (χ1n) is 8.01. The number of hydrogen-bond donors (Lipinski definition) is 3. The summed E-state index contributed by atoms with van der Waals surface area (Å²) in [7, 11) is 0. The standard InChI is InChI=1S/C15H29N3O4/c1-2-22-15(21)18-13-17-12-8-11-16-10-7-5-3-4-6-9-14(19)20/h13,16H,2-12H2,1H3,(H,19,20)(H,17,18,21). The monoisotopic (exact) mass is 315 g/mol. The van der Waals surface area contributed by atoms with Crippen molar-refractivity contribution in [3.63, 3.8) is 0 Å². The van der Waals surface area contributed by atoms with Crippen LogP contribution in [0.25, 0.3) is 0 Å². The zero-order valence-corrected chi connectivity index (χ0v) is 13.5. The summed E-state index contributed by atoms with van der Waals surface area (Å²) in [5.74, 6) is -0.707. The number of aliphatic carboxylic acids is 1. The van der Waals surface area contributed by atoms with Crippen molar-refractivity contribution in [2.24, 2.45) is 4.99 Å². The van der Waals surface area contributed by atoms with Gasteiger partial charge in [-0.05, 0) is 39.3 Å². The summed E-state index contributed by atoms with van der Waals surface area (Å²) in [5.41, 5.74) is 0. The number of aliphatic imine (C=N–C) groups is 1. The molecule has 3 N–H and O–H groups in total. The molecule has 0 aliphatic rings. The third-order valence-corrected chi connectivity index (χ3v) is 2.93. The van der Waals surface area contributed by atoms with Crippen LogP contribution in [0.3, 0.4) is 0 Å². The molecule has 0 aromatic heterocycles. The van der Waals surface area contributed by atoms with E-state index in [-0.39, 0.29) is 6.42 Å².